The van der Waals surface area contributed by atoms with Crippen LogP contribution in [0.15, 0.2) is 81.7 Å². The molecule has 1 N–H and O–H groups in total. The van der Waals surface area contributed by atoms with Crippen molar-refractivity contribution in [3.05, 3.63) is 89.8 Å². The van der Waals surface area contributed by atoms with Gasteiger partial charge in [-0.25, -0.2) is 4.79 Å². The van der Waals surface area contributed by atoms with Crippen LogP contribution in [-0.2, 0) is 17.8 Å². The molecule has 6 rings (SSSR count). The van der Waals surface area contributed by atoms with E-state index < -0.39 is 11.6 Å². The summed E-state index contributed by atoms with van der Waals surface area (Å²) in [6.07, 6.45) is 2.96. The van der Waals surface area contributed by atoms with E-state index in [0.29, 0.717) is 36.6 Å². The number of rotatable bonds is 11. The van der Waals surface area contributed by atoms with E-state index in [0.717, 1.165) is 52.9 Å². The number of oxazole rings is 1. The van der Waals surface area contributed by atoms with Gasteiger partial charge in [0.2, 0.25) is 11.7 Å². The van der Waals surface area contributed by atoms with E-state index in [1.54, 1.807) is 12.1 Å². The third-order valence-corrected chi connectivity index (χ3v) is 6.99. The van der Waals surface area contributed by atoms with Crippen molar-refractivity contribution in [2.45, 2.75) is 51.2 Å². The van der Waals surface area contributed by atoms with Gasteiger partial charge in [-0.15, -0.1) is 0 Å². The van der Waals surface area contributed by atoms with Gasteiger partial charge >= 0.3 is 5.97 Å². The van der Waals surface area contributed by atoms with Gasteiger partial charge in [0, 0.05) is 24.6 Å². The molecule has 0 radical (unpaired) electrons. The molecule has 0 spiro atoms. The molecule has 2 aromatic heterocycles. The zero-order chi connectivity index (χ0) is 27.7. The molecular formula is C31H30N4O5. The van der Waals surface area contributed by atoms with Crippen LogP contribution in [0.2, 0.25) is 0 Å². The average molecular weight is 539 g/mol. The fourth-order valence-electron chi connectivity index (χ4n) is 4.39. The van der Waals surface area contributed by atoms with Crippen molar-refractivity contribution in [1.82, 2.24) is 15.1 Å². The lowest BCUT2D eigenvalue weighted by atomic mass is 10.1. The number of nitrogens with zero attached hydrogens (tertiary/aromatic N) is 4. The average Bonchev–Trinajstić information content (AvgIpc) is 3.51. The first kappa shape index (κ1) is 25.6. The minimum absolute atomic E-state index is 0.422. The summed E-state index contributed by atoms with van der Waals surface area (Å²) in [7, 11) is 0. The van der Waals surface area contributed by atoms with Gasteiger partial charge in [-0.2, -0.15) is 9.97 Å². The molecule has 0 amide bonds. The van der Waals surface area contributed by atoms with Crippen molar-refractivity contribution in [3.8, 4) is 17.1 Å². The van der Waals surface area contributed by atoms with E-state index in [1.165, 1.54) is 13.8 Å². The quantitative estimate of drug-likeness (QED) is 0.208. The van der Waals surface area contributed by atoms with Gasteiger partial charge in [-0.05, 0) is 68.5 Å². The van der Waals surface area contributed by atoms with Crippen LogP contribution in [0.3, 0.4) is 0 Å². The Hall–Kier alpha value is -4.66. The fraction of sp³-hybridized carbons (Fsp3) is 0.290. The van der Waals surface area contributed by atoms with Crippen molar-refractivity contribution in [2.24, 2.45) is 0 Å². The number of carbonyl (C=O) groups is 1. The number of para-hydroxylation sites is 2. The van der Waals surface area contributed by atoms with Crippen LogP contribution in [-0.4, -0.2) is 38.3 Å². The Morgan fingerprint density at radius 2 is 1.73 bits per heavy atom. The first-order chi connectivity index (χ1) is 19.3. The van der Waals surface area contributed by atoms with Crippen LogP contribution in [0.4, 0.5) is 6.01 Å². The van der Waals surface area contributed by atoms with Gasteiger partial charge in [-0.3, -0.25) is 0 Å². The third kappa shape index (κ3) is 5.68. The minimum Gasteiger partial charge on any atom is -0.478 e. The molecule has 0 atom stereocenters. The number of hydrogen-bond donors (Lipinski definition) is 1. The molecule has 1 aliphatic carbocycles. The Balaban J connectivity index is 1.18. The van der Waals surface area contributed by atoms with Gasteiger partial charge in [0.05, 0.1) is 0 Å². The molecule has 2 heterocycles. The van der Waals surface area contributed by atoms with Crippen molar-refractivity contribution in [1.29, 1.82) is 0 Å². The molecule has 1 saturated carbocycles. The van der Waals surface area contributed by atoms with E-state index >= 15 is 0 Å². The predicted molar refractivity (Wildman–Crippen MR) is 149 cm³/mol. The van der Waals surface area contributed by atoms with Gasteiger partial charge in [0.15, 0.2) is 11.2 Å². The number of carboxylic acids is 1. The summed E-state index contributed by atoms with van der Waals surface area (Å²) in [6.45, 7) is 4.31. The summed E-state index contributed by atoms with van der Waals surface area (Å²) < 4.78 is 17.2. The number of carboxylic acid groups (broad SMARTS) is 1. The second-order valence-electron chi connectivity index (χ2n) is 10.6. The van der Waals surface area contributed by atoms with Crippen LogP contribution < -0.4 is 9.64 Å². The highest BCUT2D eigenvalue weighted by Crippen LogP contribution is 2.39. The molecule has 0 bridgehead atoms. The topological polar surface area (TPSA) is 115 Å². The van der Waals surface area contributed by atoms with Crippen molar-refractivity contribution in [3.63, 3.8) is 0 Å². The Labute approximate surface area is 231 Å². The highest BCUT2D eigenvalue weighted by atomic mass is 16.5. The highest BCUT2D eigenvalue weighted by molar-refractivity contribution is 5.76. The number of ether oxygens (including phenoxy) is 1. The van der Waals surface area contributed by atoms with Crippen LogP contribution in [0.25, 0.3) is 22.5 Å². The fourth-order valence-corrected chi connectivity index (χ4v) is 4.39. The van der Waals surface area contributed by atoms with Gasteiger partial charge in [0.25, 0.3) is 6.01 Å². The standard InChI is InChI=1S/C31H30N4O5/c1-31(2,29(36)37)39-24-15-9-20(10-16-24)17-18-35(30-32-25-5-3-4-6-26(25)38-30)19-21-7-11-22(12-8-21)27-33-28(40-34-27)23-13-14-23/h3-12,15-16,23H,13-14,17-19H2,1-2H3,(H,36,37). The van der Waals surface area contributed by atoms with Crippen LogP contribution in [0.1, 0.15) is 49.6 Å². The molecule has 40 heavy (non-hydrogen) atoms. The minimum atomic E-state index is -1.30. The normalized spacial score (nSPS) is 13.4. The van der Waals surface area contributed by atoms with Gasteiger partial charge in [0.1, 0.15) is 11.3 Å². The molecular weight excluding hydrogens is 508 g/mol. The Bertz CT molecular complexity index is 1580. The molecule has 204 valence electrons. The summed E-state index contributed by atoms with van der Waals surface area (Å²) in [5, 5.41) is 13.5. The second kappa shape index (κ2) is 10.5. The molecule has 0 saturated heterocycles. The van der Waals surface area contributed by atoms with Gasteiger partial charge < -0.3 is 23.7 Å². The summed E-state index contributed by atoms with van der Waals surface area (Å²) >= 11 is 0. The molecule has 0 unspecified atom stereocenters. The van der Waals surface area contributed by atoms with Crippen molar-refractivity contribution in [2.75, 3.05) is 11.4 Å². The van der Waals surface area contributed by atoms with Crippen LogP contribution >= 0.6 is 0 Å². The number of aromatic nitrogens is 3. The SMILES string of the molecule is CC(C)(Oc1ccc(CCN(Cc2ccc(-c3noc(C4CC4)n3)cc2)c2nc3ccccc3o2)cc1)C(=O)O. The molecule has 9 heteroatoms. The summed E-state index contributed by atoms with van der Waals surface area (Å²) in [5.74, 6) is 1.26. The first-order valence-electron chi connectivity index (χ1n) is 13.4. The molecule has 1 fully saturated rings. The Kier molecular flexibility index (Phi) is 6.71. The lowest BCUT2D eigenvalue weighted by molar-refractivity contribution is -0.152. The van der Waals surface area contributed by atoms with E-state index in [-0.39, 0.29) is 0 Å². The number of hydrogen-bond acceptors (Lipinski definition) is 8. The molecule has 5 aromatic rings. The Morgan fingerprint density at radius 3 is 2.42 bits per heavy atom. The first-order valence-corrected chi connectivity index (χ1v) is 13.4. The monoisotopic (exact) mass is 538 g/mol. The number of anilines is 1. The second-order valence-corrected chi connectivity index (χ2v) is 10.6. The Morgan fingerprint density at radius 1 is 1.00 bits per heavy atom. The van der Waals surface area contributed by atoms with Crippen LogP contribution in [0.5, 0.6) is 5.75 Å². The van der Waals surface area contributed by atoms with E-state index in [9.17, 15) is 9.90 Å². The molecule has 3 aromatic carbocycles. The lowest BCUT2D eigenvalue weighted by Gasteiger charge is -2.22. The number of aliphatic carboxylic acids is 1. The maximum Gasteiger partial charge on any atom is 0.347 e. The number of benzene rings is 3. The zero-order valence-electron chi connectivity index (χ0n) is 22.4. The summed E-state index contributed by atoms with van der Waals surface area (Å²) in [4.78, 5) is 22.8. The van der Waals surface area contributed by atoms with Crippen LogP contribution in [0, 0.1) is 0 Å². The lowest BCUT2D eigenvalue weighted by Crippen LogP contribution is -2.37. The van der Waals surface area contributed by atoms with Crippen molar-refractivity contribution >= 4 is 23.1 Å². The molecule has 1 aliphatic rings. The smallest absolute Gasteiger partial charge is 0.347 e. The maximum atomic E-state index is 11.4. The zero-order valence-corrected chi connectivity index (χ0v) is 22.4. The van der Waals surface area contributed by atoms with E-state index in [2.05, 4.69) is 27.2 Å². The number of fused-ring (bicyclic) bond motifs is 1. The maximum absolute atomic E-state index is 11.4. The van der Waals surface area contributed by atoms with Crippen molar-refractivity contribution < 1.29 is 23.6 Å². The molecule has 9 nitrogen and oxygen atoms in total. The summed E-state index contributed by atoms with van der Waals surface area (Å²) in [6, 6.07) is 23.9. The predicted octanol–water partition coefficient (Wildman–Crippen LogP) is 6.25. The third-order valence-electron chi connectivity index (χ3n) is 6.99. The molecule has 0 aliphatic heterocycles. The van der Waals surface area contributed by atoms with E-state index in [4.69, 9.17) is 18.7 Å². The summed E-state index contributed by atoms with van der Waals surface area (Å²) in [5.41, 5.74) is 3.34. The van der Waals surface area contributed by atoms with Gasteiger partial charge in [-0.1, -0.05) is 53.7 Å². The largest absolute Gasteiger partial charge is 0.478 e. The van der Waals surface area contributed by atoms with E-state index in [1.807, 2.05) is 48.5 Å². The highest BCUT2D eigenvalue weighted by Gasteiger charge is 2.30.